The summed E-state index contributed by atoms with van der Waals surface area (Å²) in [6.45, 7) is 4.36. The van der Waals surface area contributed by atoms with Crippen LogP contribution in [0.1, 0.15) is 43.5 Å². The third-order valence-corrected chi connectivity index (χ3v) is 7.22. The van der Waals surface area contributed by atoms with Crippen LogP contribution in [0.25, 0.3) is 11.0 Å². The number of aryl methyl sites for hydroxylation is 2. The molecule has 5 rings (SSSR count). The Morgan fingerprint density at radius 1 is 1.00 bits per heavy atom. The third kappa shape index (κ3) is 5.27. The zero-order valence-corrected chi connectivity index (χ0v) is 21.6. The molecule has 0 spiro atoms. The van der Waals surface area contributed by atoms with Gasteiger partial charge >= 0.3 is 0 Å². The van der Waals surface area contributed by atoms with Crippen LogP contribution in [0.4, 0.5) is 5.69 Å². The zero-order chi connectivity index (χ0) is 24.2. The fourth-order valence-corrected chi connectivity index (χ4v) is 5.04. The number of carbonyl (C=O) groups excluding carboxylic acids is 1. The highest BCUT2D eigenvalue weighted by Gasteiger charge is 2.34. The van der Waals surface area contributed by atoms with Crippen LogP contribution in [-0.4, -0.2) is 28.6 Å². The van der Waals surface area contributed by atoms with Crippen molar-refractivity contribution in [3.8, 4) is 5.75 Å². The topological polar surface area (TPSA) is 47.4 Å². The largest absolute Gasteiger partial charge is 0.494 e. The summed E-state index contributed by atoms with van der Waals surface area (Å²) in [6, 6.07) is 24.5. The molecule has 1 atom stereocenters. The fraction of sp³-hybridized carbons (Fsp3) is 0.310. The fourth-order valence-electron chi connectivity index (χ4n) is 4.78. The average molecular weight is 532 g/mol. The van der Waals surface area contributed by atoms with E-state index in [-0.39, 0.29) is 11.8 Å². The van der Waals surface area contributed by atoms with E-state index in [1.165, 1.54) is 5.56 Å². The second-order valence-electron chi connectivity index (χ2n) is 9.05. The van der Waals surface area contributed by atoms with Crippen LogP contribution in [0, 0.1) is 0 Å². The van der Waals surface area contributed by atoms with E-state index in [9.17, 15) is 4.79 Å². The Morgan fingerprint density at radius 3 is 2.54 bits per heavy atom. The summed E-state index contributed by atoms with van der Waals surface area (Å²) < 4.78 is 9.27. The molecule has 1 saturated heterocycles. The van der Waals surface area contributed by atoms with Crippen LogP contribution in [0.15, 0.2) is 77.3 Å². The van der Waals surface area contributed by atoms with E-state index < -0.39 is 0 Å². The molecule has 1 fully saturated rings. The second kappa shape index (κ2) is 10.6. The summed E-state index contributed by atoms with van der Waals surface area (Å²) in [6.07, 6.45) is 3.46. The first-order chi connectivity index (χ1) is 17.1. The van der Waals surface area contributed by atoms with Crippen molar-refractivity contribution >= 4 is 38.6 Å². The number of aromatic nitrogens is 2. The van der Waals surface area contributed by atoms with Gasteiger partial charge in [-0.05, 0) is 73.4 Å². The van der Waals surface area contributed by atoms with E-state index in [0.717, 1.165) is 58.6 Å². The number of ether oxygens (including phenoxy) is 1. The van der Waals surface area contributed by atoms with Gasteiger partial charge in [0.05, 0.1) is 17.6 Å². The molecule has 1 aliphatic rings. The highest BCUT2D eigenvalue weighted by molar-refractivity contribution is 9.10. The minimum atomic E-state index is 0.0758. The van der Waals surface area contributed by atoms with Gasteiger partial charge in [-0.15, -0.1) is 0 Å². The SMILES string of the molecule is CCc1ccc(OCCCCn2c(C3CC(=O)N(c4ccc(Br)cc4)C3)nc3ccccc32)cc1. The summed E-state index contributed by atoms with van der Waals surface area (Å²) in [5.74, 6) is 2.16. The van der Waals surface area contributed by atoms with Gasteiger partial charge in [-0.2, -0.15) is 0 Å². The van der Waals surface area contributed by atoms with Gasteiger partial charge in [0.25, 0.3) is 0 Å². The van der Waals surface area contributed by atoms with Gasteiger partial charge in [0, 0.05) is 35.6 Å². The molecule has 0 aliphatic carbocycles. The zero-order valence-electron chi connectivity index (χ0n) is 20.0. The molecule has 6 heteroatoms. The van der Waals surface area contributed by atoms with E-state index in [1.54, 1.807) is 0 Å². The molecule has 4 aromatic rings. The summed E-state index contributed by atoms with van der Waals surface area (Å²) in [5, 5.41) is 0. The first kappa shape index (κ1) is 23.6. The minimum absolute atomic E-state index is 0.0758. The minimum Gasteiger partial charge on any atom is -0.494 e. The van der Waals surface area contributed by atoms with Crippen molar-refractivity contribution in [3.05, 3.63) is 88.7 Å². The van der Waals surface area contributed by atoms with Crippen molar-refractivity contribution in [2.75, 3.05) is 18.1 Å². The lowest BCUT2D eigenvalue weighted by molar-refractivity contribution is -0.117. The lowest BCUT2D eigenvalue weighted by atomic mass is 10.1. The lowest BCUT2D eigenvalue weighted by Gasteiger charge is -2.17. The monoisotopic (exact) mass is 531 g/mol. The van der Waals surface area contributed by atoms with Gasteiger partial charge in [0.1, 0.15) is 11.6 Å². The summed E-state index contributed by atoms with van der Waals surface area (Å²) >= 11 is 3.48. The van der Waals surface area contributed by atoms with Gasteiger partial charge in [-0.1, -0.05) is 47.1 Å². The normalized spacial score (nSPS) is 15.8. The molecular weight excluding hydrogens is 502 g/mol. The number of hydrogen-bond acceptors (Lipinski definition) is 3. The van der Waals surface area contributed by atoms with Crippen molar-refractivity contribution in [3.63, 3.8) is 0 Å². The number of hydrogen-bond donors (Lipinski definition) is 0. The number of carbonyl (C=O) groups is 1. The predicted octanol–water partition coefficient (Wildman–Crippen LogP) is 6.74. The molecular formula is C29H30BrN3O2. The molecule has 0 saturated carbocycles. The van der Waals surface area contributed by atoms with Crippen molar-refractivity contribution in [2.45, 2.75) is 45.1 Å². The van der Waals surface area contributed by atoms with E-state index in [0.29, 0.717) is 19.6 Å². The van der Waals surface area contributed by atoms with Crippen LogP contribution in [-0.2, 0) is 17.8 Å². The molecule has 180 valence electrons. The van der Waals surface area contributed by atoms with Crippen LogP contribution in [0.5, 0.6) is 5.75 Å². The molecule has 1 aromatic heterocycles. The summed E-state index contributed by atoms with van der Waals surface area (Å²) in [4.78, 5) is 19.8. The number of rotatable bonds is 9. The molecule has 1 unspecified atom stereocenters. The molecule has 1 amide bonds. The molecule has 3 aromatic carbocycles. The maximum atomic E-state index is 12.9. The first-order valence-electron chi connectivity index (χ1n) is 12.3. The lowest BCUT2D eigenvalue weighted by Crippen LogP contribution is -2.24. The second-order valence-corrected chi connectivity index (χ2v) is 9.96. The Bertz CT molecular complexity index is 1300. The highest BCUT2D eigenvalue weighted by Crippen LogP contribution is 2.33. The van der Waals surface area contributed by atoms with Crippen LogP contribution < -0.4 is 9.64 Å². The van der Waals surface area contributed by atoms with Gasteiger partial charge < -0.3 is 14.2 Å². The van der Waals surface area contributed by atoms with E-state index >= 15 is 0 Å². The van der Waals surface area contributed by atoms with Gasteiger partial charge in [-0.25, -0.2) is 4.98 Å². The number of benzene rings is 3. The maximum absolute atomic E-state index is 12.9. The number of halogens is 1. The number of amides is 1. The summed E-state index contributed by atoms with van der Waals surface area (Å²) in [5.41, 5.74) is 4.38. The Morgan fingerprint density at radius 2 is 1.77 bits per heavy atom. The number of nitrogens with zero attached hydrogens (tertiary/aromatic N) is 3. The smallest absolute Gasteiger partial charge is 0.227 e. The molecule has 35 heavy (non-hydrogen) atoms. The van der Waals surface area contributed by atoms with Gasteiger partial charge in [0.15, 0.2) is 0 Å². The molecule has 1 aliphatic heterocycles. The number of fused-ring (bicyclic) bond motifs is 1. The van der Waals surface area contributed by atoms with E-state index in [4.69, 9.17) is 9.72 Å². The number of anilines is 1. The number of unbranched alkanes of at least 4 members (excludes halogenated alkanes) is 1. The van der Waals surface area contributed by atoms with Crippen molar-refractivity contribution < 1.29 is 9.53 Å². The maximum Gasteiger partial charge on any atom is 0.227 e. The van der Waals surface area contributed by atoms with Crippen LogP contribution in [0.2, 0.25) is 0 Å². The number of imidazole rings is 1. The van der Waals surface area contributed by atoms with E-state index in [1.807, 2.05) is 35.2 Å². The van der Waals surface area contributed by atoms with Crippen molar-refractivity contribution in [2.24, 2.45) is 0 Å². The number of para-hydroxylation sites is 2. The van der Waals surface area contributed by atoms with Gasteiger partial charge in [0.2, 0.25) is 5.91 Å². The van der Waals surface area contributed by atoms with Crippen molar-refractivity contribution in [1.29, 1.82) is 0 Å². The van der Waals surface area contributed by atoms with Crippen LogP contribution >= 0.6 is 15.9 Å². The Labute approximate surface area is 214 Å². The molecule has 0 bridgehead atoms. The van der Waals surface area contributed by atoms with E-state index in [2.05, 4.69) is 69.9 Å². The van der Waals surface area contributed by atoms with Crippen LogP contribution in [0.3, 0.4) is 0 Å². The van der Waals surface area contributed by atoms with Gasteiger partial charge in [-0.3, -0.25) is 4.79 Å². The van der Waals surface area contributed by atoms with Crippen molar-refractivity contribution in [1.82, 2.24) is 9.55 Å². The molecule has 0 N–H and O–H groups in total. The average Bonchev–Trinajstić information content (AvgIpc) is 3.45. The standard InChI is InChI=1S/C29H30BrN3O2/c1-2-21-9-15-25(16-10-21)35-18-6-5-17-32-27-8-4-3-7-26(27)31-29(32)22-19-28(34)33(20-22)24-13-11-23(30)12-14-24/h3-4,7-16,22H,2,5-6,17-20H2,1H3. The molecule has 0 radical (unpaired) electrons. The first-order valence-corrected chi connectivity index (χ1v) is 13.1. The predicted molar refractivity (Wildman–Crippen MR) is 144 cm³/mol. The highest BCUT2D eigenvalue weighted by atomic mass is 79.9. The molecule has 2 heterocycles. The Hall–Kier alpha value is -3.12. The molecule has 5 nitrogen and oxygen atoms in total. The summed E-state index contributed by atoms with van der Waals surface area (Å²) in [7, 11) is 0. The Balaban J connectivity index is 1.26. The quantitative estimate of drug-likeness (QED) is 0.224. The Kier molecular flexibility index (Phi) is 7.19. The third-order valence-electron chi connectivity index (χ3n) is 6.69.